The van der Waals surface area contributed by atoms with Crippen LogP contribution in [0, 0.1) is 0 Å². The maximum atomic E-state index is 11.4. The molecule has 1 N–H and O–H groups in total. The fourth-order valence-electron chi connectivity index (χ4n) is 2.06. The van der Waals surface area contributed by atoms with Gasteiger partial charge in [-0.25, -0.2) is 4.79 Å². The van der Waals surface area contributed by atoms with Crippen molar-refractivity contribution in [1.29, 1.82) is 0 Å². The Morgan fingerprint density at radius 3 is 2.33 bits per heavy atom. The maximum Gasteiger partial charge on any atom is 0.408 e. The Morgan fingerprint density at radius 2 is 1.94 bits per heavy atom. The van der Waals surface area contributed by atoms with Gasteiger partial charge < -0.3 is 5.11 Å². The highest BCUT2D eigenvalue weighted by atomic mass is 16.4. The normalized spacial score (nSPS) is 12.8. The van der Waals surface area contributed by atoms with Gasteiger partial charge >= 0.3 is 6.09 Å². The third kappa shape index (κ3) is 3.62. The lowest BCUT2D eigenvalue weighted by Gasteiger charge is -2.38. The Balaban J connectivity index is 2.94. The lowest BCUT2D eigenvalue weighted by Crippen LogP contribution is -2.51. The molecule has 0 bridgehead atoms. The van der Waals surface area contributed by atoms with Gasteiger partial charge in [-0.1, -0.05) is 36.4 Å². The fourth-order valence-corrected chi connectivity index (χ4v) is 2.06. The van der Waals surface area contributed by atoms with Gasteiger partial charge in [0, 0.05) is 5.54 Å². The summed E-state index contributed by atoms with van der Waals surface area (Å²) in [6.07, 6.45) is 1.43. The quantitative estimate of drug-likeness (QED) is 0.826. The highest BCUT2D eigenvalue weighted by molar-refractivity contribution is 5.67. The minimum absolute atomic E-state index is 0.218. The summed E-state index contributed by atoms with van der Waals surface area (Å²) in [6, 6.07) is 9.64. The van der Waals surface area contributed by atoms with Crippen LogP contribution in [0.4, 0.5) is 4.79 Å². The largest absolute Gasteiger partial charge is 0.465 e. The van der Waals surface area contributed by atoms with E-state index in [0.717, 1.165) is 5.56 Å². The molecule has 0 radical (unpaired) electrons. The first-order valence-electron chi connectivity index (χ1n) is 6.05. The first-order valence-corrected chi connectivity index (χ1v) is 6.05. The predicted molar refractivity (Wildman–Crippen MR) is 73.7 cm³/mol. The molecule has 1 amide bonds. The van der Waals surface area contributed by atoms with E-state index in [-0.39, 0.29) is 6.04 Å². The molecular weight excluding hydrogens is 226 g/mol. The smallest absolute Gasteiger partial charge is 0.408 e. The van der Waals surface area contributed by atoms with Gasteiger partial charge in [-0.3, -0.25) is 4.90 Å². The molecule has 0 aromatic heterocycles. The third-order valence-corrected chi connectivity index (χ3v) is 2.82. The lowest BCUT2D eigenvalue weighted by molar-refractivity contribution is 0.0833. The highest BCUT2D eigenvalue weighted by Gasteiger charge is 2.31. The molecule has 0 spiro atoms. The molecule has 3 nitrogen and oxygen atoms in total. The van der Waals surface area contributed by atoms with Gasteiger partial charge in [-0.2, -0.15) is 0 Å². The molecule has 0 aliphatic carbocycles. The summed E-state index contributed by atoms with van der Waals surface area (Å²) in [6.45, 7) is 9.44. The third-order valence-electron chi connectivity index (χ3n) is 2.82. The molecule has 3 heteroatoms. The summed E-state index contributed by atoms with van der Waals surface area (Å²) in [5, 5.41) is 9.37. The van der Waals surface area contributed by atoms with Crippen LogP contribution in [0.2, 0.25) is 0 Å². The van der Waals surface area contributed by atoms with Crippen molar-refractivity contribution in [2.75, 3.05) is 0 Å². The topological polar surface area (TPSA) is 40.5 Å². The Labute approximate surface area is 109 Å². The van der Waals surface area contributed by atoms with Gasteiger partial charge in [0.1, 0.15) is 0 Å². The van der Waals surface area contributed by atoms with Gasteiger partial charge in [0.05, 0.1) is 6.04 Å². The van der Waals surface area contributed by atoms with Gasteiger partial charge in [0.15, 0.2) is 0 Å². The number of carbonyl (C=O) groups is 1. The number of hydrogen-bond acceptors (Lipinski definition) is 1. The van der Waals surface area contributed by atoms with Gasteiger partial charge in [-0.05, 0) is 32.8 Å². The number of hydrogen-bond donors (Lipinski definition) is 1. The van der Waals surface area contributed by atoms with Crippen LogP contribution in [-0.2, 0) is 6.42 Å². The van der Waals surface area contributed by atoms with Crippen molar-refractivity contribution >= 4 is 6.09 Å². The minimum Gasteiger partial charge on any atom is -0.465 e. The van der Waals surface area contributed by atoms with Crippen LogP contribution < -0.4 is 0 Å². The number of amides is 1. The molecule has 0 heterocycles. The van der Waals surface area contributed by atoms with Crippen molar-refractivity contribution in [1.82, 2.24) is 4.90 Å². The standard InChI is InChI=1S/C15H21NO2/c1-5-13(11-12-9-7-6-8-10-12)16(14(17)18)15(2,3)4/h5-10,13H,1,11H2,2-4H3,(H,17,18). The van der Waals surface area contributed by atoms with Crippen LogP contribution in [0.1, 0.15) is 26.3 Å². The van der Waals surface area contributed by atoms with Crippen LogP contribution in [0.5, 0.6) is 0 Å². The molecule has 0 aliphatic rings. The molecular formula is C15H21NO2. The van der Waals surface area contributed by atoms with Crippen LogP contribution in [0.15, 0.2) is 43.0 Å². The van der Waals surface area contributed by atoms with Crippen molar-refractivity contribution in [2.24, 2.45) is 0 Å². The van der Waals surface area contributed by atoms with Crippen molar-refractivity contribution < 1.29 is 9.90 Å². The number of benzene rings is 1. The van der Waals surface area contributed by atoms with E-state index >= 15 is 0 Å². The van der Waals surface area contributed by atoms with E-state index in [9.17, 15) is 9.90 Å². The zero-order valence-electron chi connectivity index (χ0n) is 11.3. The number of nitrogens with zero attached hydrogens (tertiary/aromatic N) is 1. The zero-order valence-corrected chi connectivity index (χ0v) is 11.3. The zero-order chi connectivity index (χ0) is 13.8. The second-order valence-corrected chi connectivity index (χ2v) is 5.32. The second-order valence-electron chi connectivity index (χ2n) is 5.32. The summed E-state index contributed by atoms with van der Waals surface area (Å²) in [4.78, 5) is 12.9. The molecule has 0 fully saturated rings. The van der Waals surface area contributed by atoms with Crippen molar-refractivity contribution in [3.63, 3.8) is 0 Å². The van der Waals surface area contributed by atoms with E-state index in [0.29, 0.717) is 6.42 Å². The first kappa shape index (κ1) is 14.3. The van der Waals surface area contributed by atoms with Crippen LogP contribution >= 0.6 is 0 Å². The van der Waals surface area contributed by atoms with Gasteiger partial charge in [0.2, 0.25) is 0 Å². The van der Waals surface area contributed by atoms with E-state index in [4.69, 9.17) is 0 Å². The molecule has 0 saturated carbocycles. The monoisotopic (exact) mass is 247 g/mol. The summed E-state index contributed by atoms with van der Waals surface area (Å²) >= 11 is 0. The van der Waals surface area contributed by atoms with Gasteiger partial charge in [0.25, 0.3) is 0 Å². The molecule has 18 heavy (non-hydrogen) atoms. The molecule has 1 aromatic carbocycles. The average molecular weight is 247 g/mol. The van der Waals surface area contributed by atoms with E-state index in [2.05, 4.69) is 6.58 Å². The Morgan fingerprint density at radius 1 is 1.39 bits per heavy atom. The average Bonchev–Trinajstić information content (AvgIpc) is 2.27. The van der Waals surface area contributed by atoms with Gasteiger partial charge in [-0.15, -0.1) is 6.58 Å². The molecule has 1 unspecified atom stereocenters. The summed E-state index contributed by atoms with van der Waals surface area (Å²) in [5.74, 6) is 0. The molecule has 1 atom stereocenters. The van der Waals surface area contributed by atoms with Crippen molar-refractivity contribution in [3.8, 4) is 0 Å². The lowest BCUT2D eigenvalue weighted by atomic mass is 9.98. The van der Waals surface area contributed by atoms with E-state index < -0.39 is 11.6 Å². The van der Waals surface area contributed by atoms with E-state index in [1.54, 1.807) is 6.08 Å². The molecule has 98 valence electrons. The molecule has 1 aromatic rings. The van der Waals surface area contributed by atoms with E-state index in [1.165, 1.54) is 4.90 Å². The molecule has 0 aliphatic heterocycles. The second kappa shape index (κ2) is 5.71. The van der Waals surface area contributed by atoms with Crippen LogP contribution in [0.3, 0.4) is 0 Å². The van der Waals surface area contributed by atoms with Crippen molar-refractivity contribution in [3.05, 3.63) is 48.6 Å². The Bertz CT molecular complexity index is 406. The highest BCUT2D eigenvalue weighted by Crippen LogP contribution is 2.20. The molecule has 0 saturated heterocycles. The summed E-state index contributed by atoms with van der Waals surface area (Å²) in [7, 11) is 0. The Hall–Kier alpha value is -1.77. The first-order chi connectivity index (χ1) is 8.36. The van der Waals surface area contributed by atoms with E-state index in [1.807, 2.05) is 51.1 Å². The number of carboxylic acid groups (broad SMARTS) is 1. The van der Waals surface area contributed by atoms with Crippen LogP contribution in [0.25, 0.3) is 0 Å². The predicted octanol–water partition coefficient (Wildman–Crippen LogP) is 3.56. The fraction of sp³-hybridized carbons (Fsp3) is 0.400. The SMILES string of the molecule is C=CC(Cc1ccccc1)N(C(=O)O)C(C)(C)C. The minimum atomic E-state index is -0.914. The summed E-state index contributed by atoms with van der Waals surface area (Å²) < 4.78 is 0. The van der Waals surface area contributed by atoms with Crippen molar-refractivity contribution in [2.45, 2.75) is 38.8 Å². The molecule has 1 rings (SSSR count). The number of rotatable bonds is 4. The Kier molecular flexibility index (Phi) is 4.54. The summed E-state index contributed by atoms with van der Waals surface area (Å²) in [5.41, 5.74) is 0.664. The van der Waals surface area contributed by atoms with Crippen LogP contribution in [-0.4, -0.2) is 27.7 Å². The maximum absolute atomic E-state index is 11.4.